The van der Waals surface area contributed by atoms with Crippen molar-refractivity contribution < 1.29 is 0 Å². The van der Waals surface area contributed by atoms with Crippen molar-refractivity contribution in [2.24, 2.45) is 0 Å². The number of benzene rings is 1. The van der Waals surface area contributed by atoms with Gasteiger partial charge in [0, 0.05) is 4.90 Å². The molecule has 96 valence electrons. The van der Waals surface area contributed by atoms with Crippen LogP contribution in [0.25, 0.3) is 0 Å². The summed E-state index contributed by atoms with van der Waals surface area (Å²) >= 11 is 1.88. The molecule has 0 unspecified atom stereocenters. The molecule has 0 saturated carbocycles. The Morgan fingerprint density at radius 1 is 0.824 bits per heavy atom. The average Bonchev–Trinajstić information content (AvgIpc) is 2.13. The van der Waals surface area contributed by atoms with Crippen molar-refractivity contribution in [2.75, 3.05) is 6.26 Å². The summed E-state index contributed by atoms with van der Waals surface area (Å²) < 4.78 is 0. The van der Waals surface area contributed by atoms with E-state index in [-0.39, 0.29) is 10.8 Å². The normalized spacial score (nSPS) is 12.9. The van der Waals surface area contributed by atoms with Gasteiger partial charge >= 0.3 is 0 Å². The molecule has 0 nitrogen and oxygen atoms in total. The number of thioether (sulfide) groups is 1. The molecule has 17 heavy (non-hydrogen) atoms. The lowest BCUT2D eigenvalue weighted by Gasteiger charge is -2.30. The monoisotopic (exact) mass is 250 g/mol. The zero-order chi connectivity index (χ0) is 13.4. The van der Waals surface area contributed by atoms with E-state index in [1.807, 2.05) is 11.8 Å². The second kappa shape index (κ2) is 4.68. The summed E-state index contributed by atoms with van der Waals surface area (Å²) in [4.78, 5) is 1.47. The third-order valence-corrected chi connectivity index (χ3v) is 3.90. The minimum atomic E-state index is 0.213. The van der Waals surface area contributed by atoms with Crippen LogP contribution in [0.3, 0.4) is 0 Å². The fourth-order valence-electron chi connectivity index (χ4n) is 2.11. The SMILES string of the molecule is CSc1c(C(C)(C)C)cc(C)cc1C(C)(C)C. The highest BCUT2D eigenvalue weighted by Crippen LogP contribution is 2.39. The minimum absolute atomic E-state index is 0.213. The van der Waals surface area contributed by atoms with Crippen LogP contribution in [0.1, 0.15) is 58.2 Å². The number of hydrogen-bond donors (Lipinski definition) is 0. The van der Waals surface area contributed by atoms with Crippen LogP contribution in [-0.4, -0.2) is 6.26 Å². The van der Waals surface area contributed by atoms with E-state index >= 15 is 0 Å². The van der Waals surface area contributed by atoms with Gasteiger partial charge in [-0.25, -0.2) is 0 Å². The summed E-state index contributed by atoms with van der Waals surface area (Å²) in [5.74, 6) is 0. The molecule has 0 N–H and O–H groups in total. The first kappa shape index (κ1) is 14.6. The summed E-state index contributed by atoms with van der Waals surface area (Å²) in [6, 6.07) is 4.70. The molecule has 0 atom stereocenters. The van der Waals surface area contributed by atoms with Crippen LogP contribution < -0.4 is 0 Å². The van der Waals surface area contributed by atoms with Crippen LogP contribution in [-0.2, 0) is 10.8 Å². The maximum atomic E-state index is 2.35. The first-order chi connectivity index (χ1) is 7.57. The molecular formula is C16H26S. The van der Waals surface area contributed by atoms with E-state index in [1.54, 1.807) is 0 Å². The highest BCUT2D eigenvalue weighted by Gasteiger charge is 2.25. The minimum Gasteiger partial charge on any atom is -0.129 e. The Morgan fingerprint density at radius 3 is 1.41 bits per heavy atom. The Balaban J connectivity index is 3.58. The summed E-state index contributed by atoms with van der Waals surface area (Å²) in [5.41, 5.74) is 4.76. The smallest absolute Gasteiger partial charge is 0.0144 e. The predicted molar refractivity (Wildman–Crippen MR) is 80.4 cm³/mol. The van der Waals surface area contributed by atoms with Gasteiger partial charge in [0.05, 0.1) is 0 Å². The van der Waals surface area contributed by atoms with Crippen LogP contribution in [0.2, 0.25) is 0 Å². The molecule has 0 aliphatic carbocycles. The van der Waals surface area contributed by atoms with Crippen molar-refractivity contribution in [3.63, 3.8) is 0 Å². The van der Waals surface area contributed by atoms with Gasteiger partial charge in [-0.15, -0.1) is 11.8 Å². The highest BCUT2D eigenvalue weighted by atomic mass is 32.2. The van der Waals surface area contributed by atoms with Gasteiger partial charge in [0.15, 0.2) is 0 Å². The van der Waals surface area contributed by atoms with Gasteiger partial charge < -0.3 is 0 Å². The van der Waals surface area contributed by atoms with Crippen LogP contribution >= 0.6 is 11.8 Å². The fourth-order valence-corrected chi connectivity index (χ4v) is 3.28. The number of hydrogen-bond acceptors (Lipinski definition) is 1. The van der Waals surface area contributed by atoms with E-state index in [1.165, 1.54) is 21.6 Å². The van der Waals surface area contributed by atoms with E-state index < -0.39 is 0 Å². The van der Waals surface area contributed by atoms with Crippen molar-refractivity contribution in [3.8, 4) is 0 Å². The van der Waals surface area contributed by atoms with Gasteiger partial charge in [-0.1, -0.05) is 59.2 Å². The predicted octanol–water partition coefficient (Wildman–Crippen LogP) is 5.31. The molecule has 0 spiro atoms. The molecule has 1 aromatic rings. The molecule has 1 heteroatoms. The van der Waals surface area contributed by atoms with Crippen molar-refractivity contribution in [1.29, 1.82) is 0 Å². The topological polar surface area (TPSA) is 0 Å². The summed E-state index contributed by atoms with van der Waals surface area (Å²) in [7, 11) is 0. The quantitative estimate of drug-likeness (QED) is 0.608. The molecule has 0 fully saturated rings. The first-order valence-electron chi connectivity index (χ1n) is 6.27. The van der Waals surface area contributed by atoms with Crippen LogP contribution in [0.4, 0.5) is 0 Å². The lowest BCUT2D eigenvalue weighted by molar-refractivity contribution is 0.545. The van der Waals surface area contributed by atoms with Crippen LogP contribution in [0.15, 0.2) is 17.0 Å². The van der Waals surface area contributed by atoms with Gasteiger partial charge in [0.1, 0.15) is 0 Å². The van der Waals surface area contributed by atoms with Crippen LogP contribution in [0, 0.1) is 6.92 Å². The molecule has 0 heterocycles. The molecule has 0 amide bonds. The van der Waals surface area contributed by atoms with Gasteiger partial charge in [0.25, 0.3) is 0 Å². The molecule has 0 radical (unpaired) electrons. The van der Waals surface area contributed by atoms with E-state index in [9.17, 15) is 0 Å². The van der Waals surface area contributed by atoms with Crippen molar-refractivity contribution in [1.82, 2.24) is 0 Å². The zero-order valence-electron chi connectivity index (χ0n) is 12.6. The molecule has 0 saturated heterocycles. The third kappa shape index (κ3) is 3.28. The second-order valence-corrected chi connectivity index (χ2v) is 7.71. The lowest BCUT2D eigenvalue weighted by Crippen LogP contribution is -2.19. The summed E-state index contributed by atoms with van der Waals surface area (Å²) in [5, 5.41) is 0. The van der Waals surface area contributed by atoms with Crippen molar-refractivity contribution in [3.05, 3.63) is 28.8 Å². The molecule has 1 rings (SSSR count). The molecule has 0 aromatic heterocycles. The Morgan fingerprint density at radius 2 is 1.18 bits per heavy atom. The first-order valence-corrected chi connectivity index (χ1v) is 7.49. The van der Waals surface area contributed by atoms with Crippen LogP contribution in [0.5, 0.6) is 0 Å². The number of rotatable bonds is 1. The maximum Gasteiger partial charge on any atom is 0.0144 e. The van der Waals surface area contributed by atoms with Crippen molar-refractivity contribution in [2.45, 2.75) is 64.2 Å². The third-order valence-electron chi connectivity index (χ3n) is 3.05. The molecule has 0 bridgehead atoms. The lowest BCUT2D eigenvalue weighted by atomic mass is 9.79. The molecule has 0 aliphatic heterocycles. The van der Waals surface area contributed by atoms with E-state index in [4.69, 9.17) is 0 Å². The standard InChI is InChI=1S/C16H26S/c1-11-9-12(15(2,3)4)14(17-8)13(10-11)16(5,6)7/h9-10H,1-8H3. The van der Waals surface area contributed by atoms with E-state index in [0.29, 0.717) is 0 Å². The average molecular weight is 250 g/mol. The zero-order valence-corrected chi connectivity index (χ0v) is 13.4. The Bertz CT molecular complexity index is 368. The Labute approximate surface area is 111 Å². The van der Waals surface area contributed by atoms with Gasteiger partial charge in [-0.2, -0.15) is 0 Å². The Kier molecular flexibility index (Phi) is 4.03. The second-order valence-electron chi connectivity index (χ2n) is 6.89. The summed E-state index contributed by atoms with van der Waals surface area (Å²) in [6.45, 7) is 16.0. The Hall–Kier alpha value is -0.430. The largest absolute Gasteiger partial charge is 0.129 e. The summed E-state index contributed by atoms with van der Waals surface area (Å²) in [6.07, 6.45) is 2.19. The molecular weight excluding hydrogens is 224 g/mol. The van der Waals surface area contributed by atoms with Gasteiger partial charge in [0.2, 0.25) is 0 Å². The van der Waals surface area contributed by atoms with Gasteiger partial charge in [-0.3, -0.25) is 0 Å². The van der Waals surface area contributed by atoms with Crippen molar-refractivity contribution >= 4 is 11.8 Å². The van der Waals surface area contributed by atoms with E-state index in [0.717, 1.165) is 0 Å². The number of aryl methyl sites for hydroxylation is 1. The highest BCUT2D eigenvalue weighted by molar-refractivity contribution is 7.98. The van der Waals surface area contributed by atoms with E-state index in [2.05, 4.69) is 66.9 Å². The van der Waals surface area contributed by atoms with Gasteiger partial charge in [-0.05, 0) is 35.1 Å². The molecule has 1 aromatic carbocycles. The maximum absolute atomic E-state index is 2.35. The molecule has 0 aliphatic rings. The fraction of sp³-hybridized carbons (Fsp3) is 0.625.